The number of hydrogen-bond acceptors (Lipinski definition) is 4. The summed E-state index contributed by atoms with van der Waals surface area (Å²) < 4.78 is 18.0. The monoisotopic (exact) mass is 256 g/mol. The summed E-state index contributed by atoms with van der Waals surface area (Å²) >= 11 is 0. The molecule has 0 amide bonds. The minimum absolute atomic E-state index is 0.0790. The van der Waals surface area contributed by atoms with E-state index in [0.29, 0.717) is 5.52 Å². The SMILES string of the molecule is O=c1oc(Nc2ccccc2)nc2ccc(F)cc12. The molecule has 0 aliphatic rings. The molecule has 2 aromatic carbocycles. The van der Waals surface area contributed by atoms with E-state index in [9.17, 15) is 9.18 Å². The van der Waals surface area contributed by atoms with Crippen molar-refractivity contribution in [2.75, 3.05) is 5.32 Å². The zero-order valence-electron chi connectivity index (χ0n) is 9.76. The highest BCUT2D eigenvalue weighted by molar-refractivity contribution is 5.78. The molecule has 1 heterocycles. The van der Waals surface area contributed by atoms with Gasteiger partial charge in [0.15, 0.2) is 0 Å². The van der Waals surface area contributed by atoms with Crippen molar-refractivity contribution in [1.29, 1.82) is 0 Å². The standard InChI is InChI=1S/C14H9FN2O2/c15-9-6-7-12-11(8-9)13(18)19-14(17-12)16-10-4-2-1-3-5-10/h1-8H,(H,16,17). The van der Waals surface area contributed by atoms with E-state index >= 15 is 0 Å². The Morgan fingerprint density at radius 3 is 2.68 bits per heavy atom. The lowest BCUT2D eigenvalue weighted by molar-refractivity contribution is 0.521. The summed E-state index contributed by atoms with van der Waals surface area (Å²) in [4.78, 5) is 15.9. The van der Waals surface area contributed by atoms with Crippen molar-refractivity contribution in [3.63, 3.8) is 0 Å². The number of nitrogens with one attached hydrogen (secondary N) is 1. The molecule has 19 heavy (non-hydrogen) atoms. The van der Waals surface area contributed by atoms with Crippen LogP contribution in [-0.2, 0) is 0 Å². The second-order valence-electron chi connectivity index (χ2n) is 3.96. The summed E-state index contributed by atoms with van der Waals surface area (Å²) in [7, 11) is 0. The van der Waals surface area contributed by atoms with Gasteiger partial charge in [-0.25, -0.2) is 9.18 Å². The van der Waals surface area contributed by atoms with E-state index in [1.54, 1.807) is 0 Å². The summed E-state index contributed by atoms with van der Waals surface area (Å²) in [5, 5.41) is 3.00. The lowest BCUT2D eigenvalue weighted by atomic mass is 10.2. The van der Waals surface area contributed by atoms with E-state index in [1.807, 2.05) is 30.3 Å². The smallest absolute Gasteiger partial charge is 0.348 e. The number of aromatic nitrogens is 1. The van der Waals surface area contributed by atoms with Gasteiger partial charge in [0.05, 0.1) is 10.9 Å². The van der Waals surface area contributed by atoms with E-state index in [1.165, 1.54) is 12.1 Å². The zero-order valence-corrected chi connectivity index (χ0v) is 9.76. The van der Waals surface area contributed by atoms with Gasteiger partial charge < -0.3 is 9.73 Å². The lowest BCUT2D eigenvalue weighted by Gasteiger charge is -2.04. The van der Waals surface area contributed by atoms with Crippen LogP contribution >= 0.6 is 0 Å². The van der Waals surface area contributed by atoms with Crippen molar-refractivity contribution in [3.8, 4) is 0 Å². The molecular weight excluding hydrogens is 247 g/mol. The molecule has 1 aromatic heterocycles. The Morgan fingerprint density at radius 1 is 1.11 bits per heavy atom. The van der Waals surface area contributed by atoms with Crippen LogP contribution in [0.4, 0.5) is 16.1 Å². The van der Waals surface area contributed by atoms with Gasteiger partial charge in [-0.2, -0.15) is 4.98 Å². The Labute approximate surface area is 107 Å². The van der Waals surface area contributed by atoms with Crippen molar-refractivity contribution < 1.29 is 8.81 Å². The number of rotatable bonds is 2. The number of hydrogen-bond donors (Lipinski definition) is 1. The van der Waals surface area contributed by atoms with Crippen molar-refractivity contribution in [1.82, 2.24) is 4.98 Å². The Hall–Kier alpha value is -2.69. The van der Waals surface area contributed by atoms with E-state index in [0.717, 1.165) is 11.8 Å². The Balaban J connectivity index is 2.07. The van der Waals surface area contributed by atoms with Gasteiger partial charge in [0.1, 0.15) is 5.82 Å². The Kier molecular flexibility index (Phi) is 2.72. The molecular formula is C14H9FN2O2. The van der Waals surface area contributed by atoms with Gasteiger partial charge in [-0.05, 0) is 30.3 Å². The fourth-order valence-electron chi connectivity index (χ4n) is 1.74. The van der Waals surface area contributed by atoms with Crippen molar-refractivity contribution >= 4 is 22.6 Å². The van der Waals surface area contributed by atoms with Gasteiger partial charge in [-0.1, -0.05) is 18.2 Å². The van der Waals surface area contributed by atoms with Gasteiger partial charge in [-0.3, -0.25) is 0 Å². The molecule has 4 nitrogen and oxygen atoms in total. The average Bonchev–Trinajstić information content (AvgIpc) is 2.41. The van der Waals surface area contributed by atoms with Gasteiger partial charge >= 0.3 is 11.6 Å². The van der Waals surface area contributed by atoms with Crippen LogP contribution in [0.15, 0.2) is 57.7 Å². The molecule has 0 saturated heterocycles. The minimum Gasteiger partial charge on any atom is -0.388 e. The van der Waals surface area contributed by atoms with E-state index < -0.39 is 11.4 Å². The topological polar surface area (TPSA) is 55.1 Å². The molecule has 0 bridgehead atoms. The third kappa shape index (κ3) is 2.30. The number of halogens is 1. The second kappa shape index (κ2) is 4.53. The van der Waals surface area contributed by atoms with Gasteiger partial charge in [-0.15, -0.1) is 0 Å². The molecule has 0 aliphatic carbocycles. The van der Waals surface area contributed by atoms with Crippen LogP contribution in [0.3, 0.4) is 0 Å². The first-order valence-electron chi connectivity index (χ1n) is 5.65. The first-order chi connectivity index (χ1) is 9.22. The first kappa shape index (κ1) is 11.4. The third-order valence-electron chi connectivity index (χ3n) is 2.61. The van der Waals surface area contributed by atoms with Gasteiger partial charge in [0.2, 0.25) is 0 Å². The minimum atomic E-state index is -0.622. The van der Waals surface area contributed by atoms with Crippen LogP contribution in [0.1, 0.15) is 0 Å². The van der Waals surface area contributed by atoms with Crippen LogP contribution < -0.4 is 10.9 Å². The van der Waals surface area contributed by atoms with Gasteiger partial charge in [0, 0.05) is 5.69 Å². The zero-order chi connectivity index (χ0) is 13.2. The summed E-state index contributed by atoms with van der Waals surface area (Å²) in [6.07, 6.45) is 0. The van der Waals surface area contributed by atoms with Crippen LogP contribution in [0.5, 0.6) is 0 Å². The summed E-state index contributed by atoms with van der Waals surface area (Å²) in [5.74, 6) is -0.495. The highest BCUT2D eigenvalue weighted by Crippen LogP contribution is 2.16. The molecule has 0 fully saturated rings. The van der Waals surface area contributed by atoms with Crippen molar-refractivity contribution in [2.24, 2.45) is 0 Å². The molecule has 0 aliphatic heterocycles. The fraction of sp³-hybridized carbons (Fsp3) is 0. The second-order valence-corrected chi connectivity index (χ2v) is 3.96. The number of para-hydroxylation sites is 1. The summed E-state index contributed by atoms with van der Waals surface area (Å²) in [5.41, 5.74) is 0.513. The Morgan fingerprint density at radius 2 is 1.89 bits per heavy atom. The van der Waals surface area contributed by atoms with E-state index in [4.69, 9.17) is 4.42 Å². The molecule has 0 saturated carbocycles. The largest absolute Gasteiger partial charge is 0.388 e. The molecule has 5 heteroatoms. The van der Waals surface area contributed by atoms with Crippen molar-refractivity contribution in [2.45, 2.75) is 0 Å². The predicted octanol–water partition coefficient (Wildman–Crippen LogP) is 3.07. The number of nitrogens with zero attached hydrogens (tertiary/aromatic N) is 1. The number of anilines is 2. The van der Waals surface area contributed by atoms with E-state index in [2.05, 4.69) is 10.3 Å². The quantitative estimate of drug-likeness (QED) is 0.765. The molecule has 0 radical (unpaired) electrons. The molecule has 3 rings (SSSR count). The van der Waals surface area contributed by atoms with E-state index in [-0.39, 0.29) is 11.4 Å². The molecule has 0 spiro atoms. The van der Waals surface area contributed by atoms with Crippen LogP contribution in [-0.4, -0.2) is 4.98 Å². The fourth-order valence-corrected chi connectivity index (χ4v) is 1.74. The molecule has 3 aromatic rings. The van der Waals surface area contributed by atoms with Crippen molar-refractivity contribution in [3.05, 3.63) is 64.8 Å². The number of benzene rings is 2. The lowest BCUT2D eigenvalue weighted by Crippen LogP contribution is -2.05. The maximum absolute atomic E-state index is 13.0. The molecule has 0 atom stereocenters. The summed E-state index contributed by atoms with van der Waals surface area (Å²) in [6, 6.07) is 13.1. The molecule has 1 N–H and O–H groups in total. The highest BCUT2D eigenvalue weighted by atomic mass is 19.1. The first-order valence-corrected chi connectivity index (χ1v) is 5.65. The van der Waals surface area contributed by atoms with Crippen LogP contribution in [0, 0.1) is 5.82 Å². The Bertz CT molecular complexity index is 784. The molecule has 94 valence electrons. The van der Waals surface area contributed by atoms with Crippen LogP contribution in [0.2, 0.25) is 0 Å². The predicted molar refractivity (Wildman–Crippen MR) is 70.0 cm³/mol. The normalized spacial score (nSPS) is 10.6. The maximum atomic E-state index is 13.0. The highest BCUT2D eigenvalue weighted by Gasteiger charge is 2.07. The number of fused-ring (bicyclic) bond motifs is 1. The van der Waals surface area contributed by atoms with Crippen LogP contribution in [0.25, 0.3) is 10.9 Å². The maximum Gasteiger partial charge on any atom is 0.348 e. The van der Waals surface area contributed by atoms with Gasteiger partial charge in [0.25, 0.3) is 0 Å². The molecule has 0 unspecified atom stereocenters. The third-order valence-corrected chi connectivity index (χ3v) is 2.61. The average molecular weight is 256 g/mol. The summed E-state index contributed by atoms with van der Waals surface area (Å²) in [6.45, 7) is 0.